The molecule has 3 aromatic carbocycles. The van der Waals surface area contributed by atoms with Crippen LogP contribution < -0.4 is 5.32 Å². The summed E-state index contributed by atoms with van der Waals surface area (Å²) in [7, 11) is 0. The van der Waals surface area contributed by atoms with Crippen LogP contribution in [0.1, 0.15) is 65.5 Å². The third-order valence-electron chi connectivity index (χ3n) is 6.95. The van der Waals surface area contributed by atoms with Gasteiger partial charge in [0.05, 0.1) is 5.56 Å². The average molecular weight is 537 g/mol. The maximum Gasteiger partial charge on any atom is 0.416 e. The highest BCUT2D eigenvalue weighted by Gasteiger charge is 2.33. The molecule has 198 valence electrons. The number of hydrogen-bond donors (Lipinski definition) is 1. The van der Waals surface area contributed by atoms with Crippen molar-refractivity contribution in [3.8, 4) is 0 Å². The number of rotatable bonds is 9. The number of nitrogens with one attached hydrogen (secondary N) is 1. The molecule has 5 rings (SSSR count). The smallest absolute Gasteiger partial charge is 0.348 e. The summed E-state index contributed by atoms with van der Waals surface area (Å²) in [5.41, 5.74) is 2.86. The second-order valence-corrected chi connectivity index (χ2v) is 11.4. The van der Waals surface area contributed by atoms with Gasteiger partial charge >= 0.3 is 6.18 Å². The van der Waals surface area contributed by atoms with Crippen molar-refractivity contribution in [3.63, 3.8) is 0 Å². The highest BCUT2D eigenvalue weighted by atomic mass is 32.2. The Bertz CT molecular complexity index is 1440. The van der Waals surface area contributed by atoms with E-state index in [-0.39, 0.29) is 23.9 Å². The van der Waals surface area contributed by atoms with Crippen molar-refractivity contribution < 1.29 is 18.0 Å². The van der Waals surface area contributed by atoms with E-state index in [1.807, 2.05) is 60.5 Å². The van der Waals surface area contributed by atoms with E-state index in [2.05, 4.69) is 17.4 Å². The van der Waals surface area contributed by atoms with Gasteiger partial charge in [0.1, 0.15) is 0 Å². The van der Waals surface area contributed by atoms with Gasteiger partial charge in [-0.2, -0.15) is 13.2 Å². The topological polar surface area (TPSA) is 34.0 Å². The van der Waals surface area contributed by atoms with Gasteiger partial charge in [-0.05, 0) is 86.2 Å². The average Bonchev–Trinajstić information content (AvgIpc) is 3.65. The predicted molar refractivity (Wildman–Crippen MR) is 148 cm³/mol. The second-order valence-electron chi connectivity index (χ2n) is 10.3. The highest BCUT2D eigenvalue weighted by Crippen LogP contribution is 2.36. The molecule has 1 aromatic heterocycles. The summed E-state index contributed by atoms with van der Waals surface area (Å²) in [5.74, 6) is 1.87. The van der Waals surface area contributed by atoms with Crippen LogP contribution in [0.2, 0.25) is 0 Å². The van der Waals surface area contributed by atoms with Gasteiger partial charge in [0.25, 0.3) is 5.91 Å². The Balaban J connectivity index is 1.32. The summed E-state index contributed by atoms with van der Waals surface area (Å²) in [6, 6.07) is 21.4. The molecule has 1 heterocycles. The Labute approximate surface area is 225 Å². The van der Waals surface area contributed by atoms with Crippen molar-refractivity contribution in [2.45, 2.75) is 56.8 Å². The lowest BCUT2D eigenvalue weighted by molar-refractivity contribution is -0.138. The van der Waals surface area contributed by atoms with E-state index in [1.54, 1.807) is 12.1 Å². The Kier molecular flexibility index (Phi) is 7.57. The number of aromatic nitrogens is 1. The highest BCUT2D eigenvalue weighted by molar-refractivity contribution is 7.99. The van der Waals surface area contributed by atoms with Crippen LogP contribution in [0.4, 0.5) is 13.2 Å². The number of benzene rings is 3. The summed E-state index contributed by atoms with van der Waals surface area (Å²) in [6.45, 7) is 4.45. The Morgan fingerprint density at radius 2 is 1.76 bits per heavy atom. The number of fused-ring (bicyclic) bond motifs is 1. The number of thioether (sulfide) groups is 1. The van der Waals surface area contributed by atoms with Crippen LogP contribution in [0, 0.1) is 5.92 Å². The van der Waals surface area contributed by atoms with Crippen LogP contribution in [-0.4, -0.2) is 16.2 Å². The Morgan fingerprint density at radius 3 is 2.45 bits per heavy atom. The Hall–Kier alpha value is -3.19. The molecule has 0 unspecified atom stereocenters. The van der Waals surface area contributed by atoms with Gasteiger partial charge < -0.3 is 9.88 Å². The zero-order valence-electron chi connectivity index (χ0n) is 21.5. The van der Waals surface area contributed by atoms with Gasteiger partial charge in [0, 0.05) is 51.8 Å². The first kappa shape index (κ1) is 26.4. The maximum atomic E-state index is 13.6. The molecule has 1 aliphatic carbocycles. The van der Waals surface area contributed by atoms with Gasteiger partial charge in [-0.1, -0.05) is 30.3 Å². The van der Waals surface area contributed by atoms with E-state index < -0.39 is 11.7 Å². The van der Waals surface area contributed by atoms with Crippen LogP contribution in [0.3, 0.4) is 0 Å². The summed E-state index contributed by atoms with van der Waals surface area (Å²) >= 11 is 1.88. The number of carbonyl (C=O) groups excluding carboxylic acids is 1. The summed E-state index contributed by atoms with van der Waals surface area (Å²) < 4.78 is 42.8. The quantitative estimate of drug-likeness (QED) is 0.219. The normalized spacial score (nSPS) is 13.8. The van der Waals surface area contributed by atoms with E-state index in [4.69, 9.17) is 0 Å². The number of halogens is 3. The van der Waals surface area contributed by atoms with Crippen molar-refractivity contribution >= 4 is 28.6 Å². The predicted octanol–water partition coefficient (Wildman–Crippen LogP) is 8.26. The fraction of sp³-hybridized carbons (Fsp3) is 0.323. The molecule has 0 radical (unpaired) electrons. The minimum absolute atomic E-state index is 0.0469. The molecule has 7 heteroatoms. The lowest BCUT2D eigenvalue weighted by atomic mass is 10.0. The third kappa shape index (κ3) is 6.09. The zero-order valence-corrected chi connectivity index (χ0v) is 22.3. The first-order valence-corrected chi connectivity index (χ1v) is 14.0. The first-order chi connectivity index (χ1) is 18.2. The van der Waals surface area contributed by atoms with Crippen molar-refractivity contribution in [3.05, 3.63) is 101 Å². The van der Waals surface area contributed by atoms with E-state index in [0.717, 1.165) is 34.1 Å². The molecule has 38 heavy (non-hydrogen) atoms. The number of amides is 1. The van der Waals surface area contributed by atoms with Crippen LogP contribution >= 0.6 is 11.8 Å². The first-order valence-electron chi connectivity index (χ1n) is 13.0. The number of alkyl halides is 3. The molecule has 1 fully saturated rings. The Morgan fingerprint density at radius 1 is 1.03 bits per heavy atom. The van der Waals surface area contributed by atoms with Crippen LogP contribution in [-0.2, 0) is 19.1 Å². The lowest BCUT2D eigenvalue weighted by Crippen LogP contribution is -2.22. The lowest BCUT2D eigenvalue weighted by Gasteiger charge is -2.17. The maximum absolute atomic E-state index is 13.6. The molecule has 0 atom stereocenters. The SMILES string of the molecule is CC(C)n1c(Cc2ccccc2C(F)(F)F)cc2cc(C(=O)NCc3ccc(SCC4CC4)cc3)ccc21. The minimum atomic E-state index is -4.41. The van der Waals surface area contributed by atoms with Crippen molar-refractivity contribution in [1.82, 2.24) is 9.88 Å². The van der Waals surface area contributed by atoms with Crippen LogP contribution in [0.5, 0.6) is 0 Å². The molecular weight excluding hydrogens is 505 g/mol. The molecule has 1 aliphatic rings. The number of hydrogen-bond acceptors (Lipinski definition) is 2. The van der Waals surface area contributed by atoms with Crippen LogP contribution in [0.25, 0.3) is 10.9 Å². The molecule has 1 N–H and O–H groups in total. The number of carbonyl (C=O) groups is 1. The summed E-state index contributed by atoms with van der Waals surface area (Å²) in [5, 5.41) is 3.83. The van der Waals surface area contributed by atoms with Gasteiger partial charge in [0.15, 0.2) is 0 Å². The van der Waals surface area contributed by atoms with Gasteiger partial charge in [-0.3, -0.25) is 4.79 Å². The van der Waals surface area contributed by atoms with E-state index >= 15 is 0 Å². The summed E-state index contributed by atoms with van der Waals surface area (Å²) in [4.78, 5) is 14.2. The van der Waals surface area contributed by atoms with Crippen molar-refractivity contribution in [2.75, 3.05) is 5.75 Å². The molecule has 3 nitrogen and oxygen atoms in total. The monoisotopic (exact) mass is 536 g/mol. The van der Waals surface area contributed by atoms with Gasteiger partial charge in [0.2, 0.25) is 0 Å². The van der Waals surface area contributed by atoms with Gasteiger partial charge in [-0.25, -0.2) is 0 Å². The minimum Gasteiger partial charge on any atom is -0.348 e. The zero-order chi connectivity index (χ0) is 26.9. The van der Waals surface area contributed by atoms with E-state index in [0.29, 0.717) is 12.1 Å². The third-order valence-corrected chi connectivity index (χ3v) is 8.19. The largest absolute Gasteiger partial charge is 0.416 e. The van der Waals surface area contributed by atoms with E-state index in [9.17, 15) is 18.0 Å². The fourth-order valence-electron chi connectivity index (χ4n) is 4.81. The fourth-order valence-corrected chi connectivity index (χ4v) is 5.90. The molecule has 4 aromatic rings. The van der Waals surface area contributed by atoms with E-state index in [1.165, 1.54) is 35.6 Å². The molecule has 0 spiro atoms. The van der Waals surface area contributed by atoms with Crippen molar-refractivity contribution in [1.29, 1.82) is 0 Å². The molecule has 0 aliphatic heterocycles. The molecule has 1 amide bonds. The molecule has 1 saturated carbocycles. The molecular formula is C31H31F3N2OS. The van der Waals surface area contributed by atoms with Crippen LogP contribution in [0.15, 0.2) is 77.7 Å². The van der Waals surface area contributed by atoms with Crippen molar-refractivity contribution in [2.24, 2.45) is 5.92 Å². The molecule has 0 saturated heterocycles. The standard InChI is InChI=1S/C31H31F3N2OS/c1-20(2)36-26(16-23-5-3-4-6-28(23)31(32,33)34)17-25-15-24(11-14-29(25)36)30(37)35-18-21-9-12-27(13-10-21)38-19-22-7-8-22/h3-6,9-15,17,20,22H,7-8,16,18-19H2,1-2H3,(H,35,37). The summed E-state index contributed by atoms with van der Waals surface area (Å²) in [6.07, 6.45) is -1.57. The second kappa shape index (κ2) is 10.9. The molecule has 0 bridgehead atoms. The number of nitrogens with zero attached hydrogens (tertiary/aromatic N) is 1. The van der Waals surface area contributed by atoms with Gasteiger partial charge in [-0.15, -0.1) is 11.8 Å².